The van der Waals surface area contributed by atoms with Crippen molar-refractivity contribution in [2.75, 3.05) is 76.4 Å². The molecule has 100 heavy (non-hydrogen) atoms. The monoisotopic (exact) mass is 1600 g/mol. The van der Waals surface area contributed by atoms with E-state index in [1.54, 1.807) is 24.5 Å². The van der Waals surface area contributed by atoms with E-state index < -0.39 is 32.3 Å². The van der Waals surface area contributed by atoms with Gasteiger partial charge in [-0.2, -0.15) is 19.2 Å². The van der Waals surface area contributed by atoms with Crippen LogP contribution in [0.15, 0.2) is 61.2 Å². The van der Waals surface area contributed by atoms with Crippen LogP contribution in [0.3, 0.4) is 0 Å². The summed E-state index contributed by atoms with van der Waals surface area (Å²) in [6.45, 7) is 45.8. The third kappa shape index (κ3) is 26.6. The Kier molecular flexibility index (Phi) is 31.6. The highest BCUT2D eigenvalue weighted by Gasteiger charge is 2.52. The highest BCUT2D eigenvalue weighted by molar-refractivity contribution is 14.1. The van der Waals surface area contributed by atoms with Crippen molar-refractivity contribution in [3.8, 4) is 11.1 Å². The van der Waals surface area contributed by atoms with E-state index >= 15 is 0 Å². The fraction of sp³-hybridized carbons (Fsp3) is 0.667. The molecule has 7 heterocycles. The van der Waals surface area contributed by atoms with Crippen LogP contribution >= 0.6 is 45.8 Å². The molecular weight excluding hydrogens is 1490 g/mol. The molecule has 6 aromatic rings. The molecule has 0 spiro atoms. The molecule has 28 heteroatoms. The van der Waals surface area contributed by atoms with Crippen LogP contribution in [-0.4, -0.2) is 168 Å². The molecule has 2 saturated carbocycles. The number of pyridine rings is 2. The summed E-state index contributed by atoms with van der Waals surface area (Å²) in [6.07, 6.45) is 16.4. The first-order chi connectivity index (χ1) is 47.0. The van der Waals surface area contributed by atoms with E-state index in [-0.39, 0.29) is 42.1 Å². The largest absolute Gasteiger partial charge is 0.496 e. The van der Waals surface area contributed by atoms with Crippen LogP contribution in [0.2, 0.25) is 113 Å². The molecule has 1 saturated heterocycles. The molecule has 0 atom stereocenters. The second kappa shape index (κ2) is 37.9. The van der Waals surface area contributed by atoms with Crippen molar-refractivity contribution < 1.29 is 47.3 Å². The van der Waals surface area contributed by atoms with Crippen molar-refractivity contribution in [1.29, 1.82) is 0 Å². The first-order valence-electron chi connectivity index (χ1n) is 36.1. The lowest BCUT2D eigenvalue weighted by Gasteiger charge is -2.32. The lowest BCUT2D eigenvalue weighted by molar-refractivity contribution is -0.150. The molecule has 0 unspecified atom stereocenters. The molecule has 0 amide bonds. The number of carbonyl (C=O) groups is 2. The van der Waals surface area contributed by atoms with Crippen molar-refractivity contribution in [3.63, 3.8) is 0 Å². The molecule has 2 aliphatic carbocycles. The highest BCUT2D eigenvalue weighted by atomic mass is 127. The van der Waals surface area contributed by atoms with Crippen molar-refractivity contribution in [1.82, 2.24) is 39.2 Å². The van der Waals surface area contributed by atoms with Gasteiger partial charge >= 0.3 is 19.1 Å². The zero-order chi connectivity index (χ0) is 73.2. The predicted octanol–water partition coefficient (Wildman–Crippen LogP) is 16.5. The van der Waals surface area contributed by atoms with E-state index in [0.29, 0.717) is 75.5 Å². The second-order valence-electron chi connectivity index (χ2n) is 32.9. The van der Waals surface area contributed by atoms with Gasteiger partial charge in [0, 0.05) is 111 Å². The summed E-state index contributed by atoms with van der Waals surface area (Å²) in [6, 6.07) is 16.1. The van der Waals surface area contributed by atoms with Crippen LogP contribution in [0, 0.1) is 27.2 Å². The van der Waals surface area contributed by atoms with Crippen LogP contribution in [0.5, 0.6) is 0 Å². The van der Waals surface area contributed by atoms with Gasteiger partial charge in [0.25, 0.3) is 0 Å². The van der Waals surface area contributed by atoms with Gasteiger partial charge < -0.3 is 47.5 Å². The van der Waals surface area contributed by atoms with E-state index in [4.69, 9.17) is 76.0 Å². The number of rotatable bonds is 32. The molecule has 0 radical (unpaired) electrons. The molecular formula is C72H116BCl2IN10O10Si4. The van der Waals surface area contributed by atoms with Crippen LogP contribution in [0.4, 0.5) is 11.6 Å². The maximum Gasteiger partial charge on any atom is 0.496 e. The van der Waals surface area contributed by atoms with Crippen LogP contribution < -0.4 is 15.3 Å². The first kappa shape index (κ1) is 83.4. The van der Waals surface area contributed by atoms with Gasteiger partial charge in [0.2, 0.25) is 0 Å². The number of aromatic nitrogens is 8. The molecule has 0 bridgehead atoms. The molecule has 20 nitrogen and oxygen atoms in total. The highest BCUT2D eigenvalue weighted by Crippen LogP contribution is 2.38. The van der Waals surface area contributed by atoms with Gasteiger partial charge in [-0.05, 0) is 183 Å². The minimum atomic E-state index is -1.24. The summed E-state index contributed by atoms with van der Waals surface area (Å²) < 4.78 is 52.2. The molecule has 0 N–H and O–H groups in total. The fourth-order valence-corrected chi connectivity index (χ4v) is 15.5. The smallest absolute Gasteiger partial charge is 0.466 e. The molecule has 6 aromatic heterocycles. The van der Waals surface area contributed by atoms with Gasteiger partial charge in [0.05, 0.1) is 52.2 Å². The quantitative estimate of drug-likeness (QED) is 0.00963. The zero-order valence-electron chi connectivity index (χ0n) is 63.3. The first-order valence-corrected chi connectivity index (χ1v) is 52.8. The Balaban J connectivity index is 0.000000232. The molecule has 3 fully saturated rings. The van der Waals surface area contributed by atoms with Gasteiger partial charge in [-0.3, -0.25) is 9.59 Å². The maximum absolute atomic E-state index is 12.3. The summed E-state index contributed by atoms with van der Waals surface area (Å²) >= 11 is 14.2. The van der Waals surface area contributed by atoms with Gasteiger partial charge in [0.15, 0.2) is 11.3 Å². The summed E-state index contributed by atoms with van der Waals surface area (Å²) in [5.41, 5.74) is 5.74. The minimum absolute atomic E-state index is 0.00291. The van der Waals surface area contributed by atoms with E-state index in [9.17, 15) is 9.59 Å². The van der Waals surface area contributed by atoms with E-state index in [1.165, 1.54) is 0 Å². The van der Waals surface area contributed by atoms with Crippen molar-refractivity contribution >= 4 is 126 Å². The minimum Gasteiger partial charge on any atom is -0.466 e. The number of anilines is 2. The predicted molar refractivity (Wildman–Crippen MR) is 424 cm³/mol. The number of hydrogen-bond donors (Lipinski definition) is 0. The molecule has 1 aliphatic heterocycles. The molecule has 3 aliphatic rings. The van der Waals surface area contributed by atoms with E-state index in [2.05, 4.69) is 138 Å². The Morgan fingerprint density at radius 1 is 0.550 bits per heavy atom. The molecule has 0 aromatic carbocycles. The Morgan fingerprint density at radius 3 is 1.30 bits per heavy atom. The SMILES string of the molecule is CC1(C)OB(c2ccc(Cl)nc2)OC1(C)C.CCOC(=O)C1CCC(Cc2cc(N(COCC[Si](C)(C)C)COCC[Si](C)(C)C)n3ncc(-c4ccc(Cl)nc4)c3n2)CC1.CCOC(=O)C1CCC(Cc2cc(N(COCC[Si](C)(C)C)COCC[Si](C)(C)C)n3ncc(I)c3n2)CC1. The Bertz CT molecular complexity index is 3460. The van der Waals surface area contributed by atoms with Crippen molar-refractivity contribution in [2.45, 2.75) is 220 Å². The third-order valence-corrected chi connectivity index (χ3v) is 26.9. The summed E-state index contributed by atoms with van der Waals surface area (Å²) in [5, 5.41) is 10.4. The van der Waals surface area contributed by atoms with Crippen molar-refractivity contribution in [3.05, 3.63) is 86.4 Å². The number of hydrogen-bond acceptors (Lipinski definition) is 18. The van der Waals surface area contributed by atoms with E-state index in [0.717, 1.165) is 156 Å². The number of esters is 2. The van der Waals surface area contributed by atoms with Gasteiger partial charge in [-0.1, -0.05) is 108 Å². The number of fused-ring (bicyclic) bond motifs is 2. The number of nitrogens with zero attached hydrogens (tertiary/aromatic N) is 10. The normalized spacial score (nSPS) is 18.7. The Morgan fingerprint density at radius 2 is 0.930 bits per heavy atom. The number of halogens is 3. The average Bonchev–Trinajstić information content (AvgIpc) is 1.58. The van der Waals surface area contributed by atoms with Crippen LogP contribution in [-0.2, 0) is 60.2 Å². The lowest BCUT2D eigenvalue weighted by atomic mass is 9.80. The zero-order valence-corrected chi connectivity index (χ0v) is 71.0. The average molecular weight is 1600 g/mol. The standard InChI is InChI=1S/C33H52ClN5O4Si2.C28H49IN4O4Si2.C11H15BClNO2/c1-8-43-33(40)26-11-9-25(10-12-26)19-28-20-31(39-32(37-28)29(22-36-39)27-13-14-30(34)35-21-27)38(23-41-15-17-44(2,3)4)24-42-16-18-45(5,6)7;1-8-37-28(34)23-11-9-22(10-12-23)17-24-18-26(33-27(31-24)25(29)19-30-33)32(20-35-13-15-38(2,3)4)21-36-14-16-39(5,6)7;1-10(2)11(3,4)16-12(15-10)8-5-6-9(13)14-7-8/h13-14,20-22,25-26H,8-12,15-19,23-24H2,1-7H3;18-19,22-23H,8-17,20-21H2,1-7H3;5-7H,1-4H3. The Hall–Kier alpha value is -3.92. The van der Waals surface area contributed by atoms with Crippen LogP contribution in [0.1, 0.15) is 104 Å². The van der Waals surface area contributed by atoms with Crippen LogP contribution in [0.25, 0.3) is 22.4 Å². The summed E-state index contributed by atoms with van der Waals surface area (Å²) in [7, 11) is -5.20. The van der Waals surface area contributed by atoms with E-state index in [1.807, 2.05) is 75.1 Å². The number of carbonyl (C=O) groups excluding carboxylic acids is 2. The van der Waals surface area contributed by atoms with Gasteiger partial charge in [-0.25, -0.2) is 19.9 Å². The van der Waals surface area contributed by atoms with Gasteiger partial charge in [-0.15, -0.1) is 0 Å². The molecule has 554 valence electrons. The lowest BCUT2D eigenvalue weighted by Crippen LogP contribution is -2.41. The second-order valence-corrected chi connectivity index (χ2v) is 57.3. The third-order valence-electron chi connectivity index (χ3n) is 18.8. The Labute approximate surface area is 624 Å². The maximum atomic E-state index is 12.3. The van der Waals surface area contributed by atoms with Gasteiger partial charge in [0.1, 0.15) is 48.9 Å². The topological polar surface area (TPSA) is 201 Å². The molecule has 9 rings (SSSR count). The fourth-order valence-electron chi connectivity index (χ4n) is 11.7. The summed E-state index contributed by atoms with van der Waals surface area (Å²) in [5.74, 6) is 2.75. The summed E-state index contributed by atoms with van der Waals surface area (Å²) in [4.78, 5) is 47.3. The number of ether oxygens (including phenoxy) is 6. The van der Waals surface area contributed by atoms with Crippen molar-refractivity contribution in [2.24, 2.45) is 23.7 Å².